The number of likely N-dealkylation sites (N-methyl/N-ethyl adjacent to an activating group) is 1. The summed E-state index contributed by atoms with van der Waals surface area (Å²) in [6.45, 7) is 4.92. The van der Waals surface area contributed by atoms with Crippen molar-refractivity contribution < 1.29 is 13.9 Å². The van der Waals surface area contributed by atoms with Crippen LogP contribution < -0.4 is 10.1 Å². The summed E-state index contributed by atoms with van der Waals surface area (Å²) in [4.78, 5) is 13.9. The van der Waals surface area contributed by atoms with Crippen molar-refractivity contribution in [1.82, 2.24) is 4.90 Å². The number of nitrogens with one attached hydrogen (secondary N) is 1. The maximum absolute atomic E-state index is 13.3. The molecule has 0 unspecified atom stereocenters. The molecule has 0 radical (unpaired) electrons. The first-order valence-corrected chi connectivity index (χ1v) is 7.38. The van der Waals surface area contributed by atoms with E-state index in [-0.39, 0.29) is 24.3 Å². The van der Waals surface area contributed by atoms with Gasteiger partial charge in [0.1, 0.15) is 11.6 Å². The van der Waals surface area contributed by atoms with E-state index < -0.39 is 0 Å². The van der Waals surface area contributed by atoms with Gasteiger partial charge in [-0.25, -0.2) is 4.39 Å². The Balaban J connectivity index is 1.98. The first-order valence-electron chi connectivity index (χ1n) is 7.38. The fourth-order valence-corrected chi connectivity index (χ4v) is 1.81. The summed E-state index contributed by atoms with van der Waals surface area (Å²) in [6, 6.07) is 4.48. The van der Waals surface area contributed by atoms with Crippen LogP contribution in [0.15, 0.2) is 18.2 Å². The van der Waals surface area contributed by atoms with E-state index in [9.17, 15) is 9.18 Å². The number of hydrogen-bond acceptors (Lipinski definition) is 3. The topological polar surface area (TPSA) is 41.6 Å². The Bertz CT molecular complexity index is 501. The lowest BCUT2D eigenvalue weighted by Crippen LogP contribution is -2.34. The molecule has 0 aliphatic heterocycles. The molecule has 1 N–H and O–H groups in total. The van der Waals surface area contributed by atoms with Gasteiger partial charge >= 0.3 is 0 Å². The van der Waals surface area contributed by atoms with Gasteiger partial charge in [0, 0.05) is 12.1 Å². The average molecular weight is 294 g/mol. The van der Waals surface area contributed by atoms with Gasteiger partial charge in [-0.05, 0) is 51.8 Å². The Morgan fingerprint density at radius 1 is 1.48 bits per heavy atom. The molecule has 5 heteroatoms. The highest BCUT2D eigenvalue weighted by Crippen LogP contribution is 2.32. The molecule has 2 rings (SSSR count). The number of ether oxygens (including phenoxy) is 1. The van der Waals surface area contributed by atoms with Gasteiger partial charge in [0.15, 0.2) is 0 Å². The van der Waals surface area contributed by atoms with Crippen molar-refractivity contribution >= 4 is 11.6 Å². The number of nitrogens with zero attached hydrogens (tertiary/aromatic N) is 1. The number of carbonyl (C=O) groups excluding carboxylic acids is 1. The van der Waals surface area contributed by atoms with Gasteiger partial charge < -0.3 is 10.1 Å². The maximum Gasteiger partial charge on any atom is 0.238 e. The number of hydrogen-bond donors (Lipinski definition) is 1. The molecule has 1 aliphatic rings. The zero-order valence-electron chi connectivity index (χ0n) is 12.9. The third-order valence-corrected chi connectivity index (χ3v) is 3.66. The molecule has 0 spiro atoms. The molecule has 0 bridgehead atoms. The average Bonchev–Trinajstić information content (AvgIpc) is 3.22. The van der Waals surface area contributed by atoms with Crippen LogP contribution in [0.1, 0.15) is 26.7 Å². The van der Waals surface area contributed by atoms with Gasteiger partial charge in [0.05, 0.1) is 18.8 Å². The summed E-state index contributed by atoms with van der Waals surface area (Å²) in [5, 5.41) is 2.80. The molecule has 0 saturated heterocycles. The van der Waals surface area contributed by atoms with Crippen LogP contribution in [0.4, 0.5) is 10.1 Å². The van der Waals surface area contributed by atoms with Crippen LogP contribution >= 0.6 is 0 Å². The molecule has 21 heavy (non-hydrogen) atoms. The predicted octanol–water partition coefficient (Wildman–Crippen LogP) is 2.89. The van der Waals surface area contributed by atoms with Crippen molar-refractivity contribution in [2.75, 3.05) is 25.5 Å². The second-order valence-electron chi connectivity index (χ2n) is 5.95. The fourth-order valence-electron chi connectivity index (χ4n) is 1.81. The van der Waals surface area contributed by atoms with Gasteiger partial charge in [-0.15, -0.1) is 0 Å². The van der Waals surface area contributed by atoms with Crippen LogP contribution in [0.2, 0.25) is 0 Å². The van der Waals surface area contributed by atoms with E-state index in [4.69, 9.17) is 4.74 Å². The zero-order chi connectivity index (χ0) is 15.4. The lowest BCUT2D eigenvalue weighted by Gasteiger charge is -2.20. The summed E-state index contributed by atoms with van der Waals surface area (Å²) >= 11 is 0. The number of benzene rings is 1. The van der Waals surface area contributed by atoms with Gasteiger partial charge in [-0.2, -0.15) is 0 Å². The van der Waals surface area contributed by atoms with E-state index in [2.05, 4.69) is 5.32 Å². The molecule has 116 valence electrons. The smallest absolute Gasteiger partial charge is 0.238 e. The van der Waals surface area contributed by atoms with Gasteiger partial charge in [-0.1, -0.05) is 0 Å². The van der Waals surface area contributed by atoms with Crippen LogP contribution in [-0.2, 0) is 4.79 Å². The summed E-state index contributed by atoms with van der Waals surface area (Å²) in [5.74, 6) is 0.485. The van der Waals surface area contributed by atoms with Gasteiger partial charge in [0.2, 0.25) is 5.91 Å². The third-order valence-electron chi connectivity index (χ3n) is 3.66. The highest BCUT2D eigenvalue weighted by molar-refractivity contribution is 5.93. The predicted molar refractivity (Wildman–Crippen MR) is 81.0 cm³/mol. The summed E-state index contributed by atoms with van der Waals surface area (Å²) in [7, 11) is 1.89. The van der Waals surface area contributed by atoms with E-state index in [1.54, 1.807) is 6.07 Å². The maximum atomic E-state index is 13.3. The number of amides is 1. The molecule has 1 aromatic rings. The standard InChI is InChI=1S/C16H23FN2O2/c1-11(2)19(3)9-16(20)18-14-7-6-13(17)8-15(14)21-10-12-4-5-12/h6-8,11-12H,4-5,9-10H2,1-3H3,(H,18,20). The highest BCUT2D eigenvalue weighted by Gasteiger charge is 2.22. The molecule has 4 nitrogen and oxygen atoms in total. The van der Waals surface area contributed by atoms with Crippen LogP contribution in [0, 0.1) is 11.7 Å². The minimum atomic E-state index is -0.363. The quantitative estimate of drug-likeness (QED) is 0.840. The molecule has 1 aliphatic carbocycles. The molecule has 1 fully saturated rings. The highest BCUT2D eigenvalue weighted by atomic mass is 19.1. The Hall–Kier alpha value is -1.62. The number of carbonyl (C=O) groups is 1. The van der Waals surface area contributed by atoms with E-state index in [0.29, 0.717) is 24.0 Å². The van der Waals surface area contributed by atoms with Crippen LogP contribution in [-0.4, -0.2) is 37.0 Å². The van der Waals surface area contributed by atoms with E-state index in [1.807, 2.05) is 25.8 Å². The van der Waals surface area contributed by atoms with Crippen molar-refractivity contribution in [3.63, 3.8) is 0 Å². The minimum absolute atomic E-state index is 0.130. The SMILES string of the molecule is CC(C)N(C)CC(=O)Nc1ccc(F)cc1OCC1CC1. The third kappa shape index (κ3) is 5.01. The van der Waals surface area contributed by atoms with Crippen molar-refractivity contribution in [3.8, 4) is 5.75 Å². The zero-order valence-corrected chi connectivity index (χ0v) is 12.9. The Kier molecular flexibility index (Phi) is 5.17. The van der Waals surface area contributed by atoms with Crippen LogP contribution in [0.3, 0.4) is 0 Å². The molecule has 1 aromatic carbocycles. The van der Waals surface area contributed by atoms with E-state index >= 15 is 0 Å². The normalized spacial score (nSPS) is 14.6. The molecule has 0 atom stereocenters. The Labute approximate surface area is 125 Å². The van der Waals surface area contributed by atoms with E-state index in [0.717, 1.165) is 12.8 Å². The van der Waals surface area contributed by atoms with Gasteiger partial charge in [-0.3, -0.25) is 9.69 Å². The van der Waals surface area contributed by atoms with Crippen LogP contribution in [0.25, 0.3) is 0 Å². The summed E-state index contributed by atoms with van der Waals surface area (Å²) < 4.78 is 19.0. The lowest BCUT2D eigenvalue weighted by atomic mass is 10.2. The van der Waals surface area contributed by atoms with Crippen LogP contribution in [0.5, 0.6) is 5.75 Å². The number of anilines is 1. The molecule has 0 aromatic heterocycles. The second kappa shape index (κ2) is 6.89. The molecular formula is C16H23FN2O2. The summed E-state index contributed by atoms with van der Waals surface area (Å²) in [5.41, 5.74) is 0.527. The number of halogens is 1. The largest absolute Gasteiger partial charge is 0.491 e. The first kappa shape index (κ1) is 15.8. The monoisotopic (exact) mass is 294 g/mol. The van der Waals surface area contributed by atoms with Crippen molar-refractivity contribution in [2.45, 2.75) is 32.7 Å². The molecular weight excluding hydrogens is 271 g/mol. The first-order chi connectivity index (χ1) is 9.95. The molecule has 0 heterocycles. The fraction of sp³-hybridized carbons (Fsp3) is 0.562. The van der Waals surface area contributed by atoms with Crippen molar-refractivity contribution in [2.24, 2.45) is 5.92 Å². The Morgan fingerprint density at radius 3 is 2.81 bits per heavy atom. The molecule has 1 amide bonds. The lowest BCUT2D eigenvalue weighted by molar-refractivity contribution is -0.117. The molecule has 1 saturated carbocycles. The van der Waals surface area contributed by atoms with Crippen molar-refractivity contribution in [1.29, 1.82) is 0 Å². The Morgan fingerprint density at radius 2 is 2.19 bits per heavy atom. The van der Waals surface area contributed by atoms with Gasteiger partial charge in [0.25, 0.3) is 0 Å². The summed E-state index contributed by atoms with van der Waals surface area (Å²) in [6.07, 6.45) is 2.33. The number of rotatable bonds is 7. The minimum Gasteiger partial charge on any atom is -0.491 e. The second-order valence-corrected chi connectivity index (χ2v) is 5.95. The van der Waals surface area contributed by atoms with E-state index in [1.165, 1.54) is 12.1 Å². The van der Waals surface area contributed by atoms with Crippen molar-refractivity contribution in [3.05, 3.63) is 24.0 Å².